The van der Waals surface area contributed by atoms with Crippen molar-refractivity contribution in [3.8, 4) is 5.75 Å². The summed E-state index contributed by atoms with van der Waals surface area (Å²) in [6.07, 6.45) is 0.972. The number of ether oxygens (including phenoxy) is 2. The van der Waals surface area contributed by atoms with Gasteiger partial charge in [-0.2, -0.15) is 0 Å². The number of carbonyl (C=O) groups is 2. The highest BCUT2D eigenvalue weighted by Gasteiger charge is 2.17. The van der Waals surface area contributed by atoms with Crippen LogP contribution in [0.5, 0.6) is 5.75 Å². The molecule has 0 saturated carbocycles. The Hall–Kier alpha value is -2.28. The van der Waals surface area contributed by atoms with Crippen molar-refractivity contribution < 1.29 is 23.5 Å². The minimum atomic E-state index is -0.448. The van der Waals surface area contributed by atoms with Crippen molar-refractivity contribution in [2.24, 2.45) is 0 Å². The molecule has 0 saturated heterocycles. The average Bonchev–Trinajstić information content (AvgIpc) is 2.99. The molecule has 1 heterocycles. The number of hydrogen-bond acceptors (Lipinski definition) is 5. The number of amides is 1. The lowest BCUT2D eigenvalue weighted by atomic mass is 10.2. The predicted molar refractivity (Wildman–Crippen MR) is 100 cm³/mol. The van der Waals surface area contributed by atoms with Crippen LogP contribution in [0.4, 0.5) is 0 Å². The molecular formula is C19H22BrNO5. The Kier molecular flexibility index (Phi) is 7.26. The van der Waals surface area contributed by atoms with Crippen LogP contribution < -0.4 is 4.74 Å². The highest BCUT2D eigenvalue weighted by molar-refractivity contribution is 9.10. The number of carbonyl (C=O) groups excluding carboxylic acids is 2. The molecule has 0 atom stereocenters. The van der Waals surface area contributed by atoms with Crippen molar-refractivity contribution in [3.63, 3.8) is 0 Å². The summed E-state index contributed by atoms with van der Waals surface area (Å²) in [5.41, 5.74) is 0.380. The SMILES string of the molecule is COC(=O)c1cc(CN(C)C(=O)CCCOc2ccccc2Br)oc1C. The number of furan rings is 1. The van der Waals surface area contributed by atoms with Gasteiger partial charge in [-0.1, -0.05) is 12.1 Å². The zero-order valence-electron chi connectivity index (χ0n) is 15.1. The number of methoxy groups -OCH3 is 1. The third-order valence-corrected chi connectivity index (χ3v) is 4.48. The molecule has 2 rings (SSSR count). The van der Waals surface area contributed by atoms with Gasteiger partial charge in [0.1, 0.15) is 22.8 Å². The summed E-state index contributed by atoms with van der Waals surface area (Å²) in [5.74, 6) is 1.32. The topological polar surface area (TPSA) is 69.0 Å². The zero-order valence-corrected chi connectivity index (χ0v) is 16.7. The maximum atomic E-state index is 12.2. The maximum absolute atomic E-state index is 12.2. The fourth-order valence-electron chi connectivity index (χ4n) is 2.41. The van der Waals surface area contributed by atoms with Gasteiger partial charge in [-0.3, -0.25) is 4.79 Å². The van der Waals surface area contributed by atoms with E-state index in [1.807, 2.05) is 24.3 Å². The number of esters is 1. The molecule has 0 fully saturated rings. The number of para-hydroxylation sites is 1. The smallest absolute Gasteiger partial charge is 0.341 e. The van der Waals surface area contributed by atoms with Gasteiger partial charge in [0.15, 0.2) is 0 Å². The van der Waals surface area contributed by atoms with Crippen molar-refractivity contribution in [1.82, 2.24) is 4.90 Å². The van der Waals surface area contributed by atoms with Crippen LogP contribution in [0.2, 0.25) is 0 Å². The van der Waals surface area contributed by atoms with Crippen LogP contribution in [0, 0.1) is 6.92 Å². The lowest BCUT2D eigenvalue weighted by Gasteiger charge is -2.16. The third-order valence-electron chi connectivity index (χ3n) is 3.82. The van der Waals surface area contributed by atoms with Crippen molar-refractivity contribution in [1.29, 1.82) is 0 Å². The second kappa shape index (κ2) is 9.43. The van der Waals surface area contributed by atoms with Gasteiger partial charge in [0, 0.05) is 13.5 Å². The molecule has 6 nitrogen and oxygen atoms in total. The van der Waals surface area contributed by atoms with Crippen LogP contribution in [0.15, 0.2) is 39.2 Å². The van der Waals surface area contributed by atoms with Gasteiger partial charge in [0.05, 0.1) is 24.7 Å². The van der Waals surface area contributed by atoms with Gasteiger partial charge in [-0.15, -0.1) is 0 Å². The van der Waals surface area contributed by atoms with E-state index in [0.717, 1.165) is 10.2 Å². The Bertz CT molecular complexity index is 771. The lowest BCUT2D eigenvalue weighted by Crippen LogP contribution is -2.26. The first-order chi connectivity index (χ1) is 12.4. The summed E-state index contributed by atoms with van der Waals surface area (Å²) in [4.78, 5) is 25.4. The highest BCUT2D eigenvalue weighted by atomic mass is 79.9. The van der Waals surface area contributed by atoms with E-state index in [2.05, 4.69) is 15.9 Å². The summed E-state index contributed by atoms with van der Waals surface area (Å²) in [7, 11) is 3.02. The average molecular weight is 424 g/mol. The number of rotatable bonds is 8. The van der Waals surface area contributed by atoms with E-state index in [0.29, 0.717) is 43.1 Å². The lowest BCUT2D eigenvalue weighted by molar-refractivity contribution is -0.130. The minimum Gasteiger partial charge on any atom is -0.492 e. The van der Waals surface area contributed by atoms with Crippen LogP contribution in [-0.4, -0.2) is 37.5 Å². The van der Waals surface area contributed by atoms with Crippen molar-refractivity contribution in [3.05, 3.63) is 51.9 Å². The predicted octanol–water partition coefficient (Wildman–Crippen LogP) is 3.95. The number of hydrogen-bond donors (Lipinski definition) is 0. The van der Waals surface area contributed by atoms with Gasteiger partial charge < -0.3 is 18.8 Å². The first kappa shape index (κ1) is 20.0. The monoisotopic (exact) mass is 423 g/mol. The number of aryl methyl sites for hydroxylation is 1. The van der Waals surface area contributed by atoms with Crippen molar-refractivity contribution >= 4 is 27.8 Å². The van der Waals surface area contributed by atoms with Gasteiger partial charge in [0.25, 0.3) is 0 Å². The zero-order chi connectivity index (χ0) is 19.1. The molecule has 0 bridgehead atoms. The Labute approximate surface area is 161 Å². The molecule has 1 aromatic heterocycles. The fourth-order valence-corrected chi connectivity index (χ4v) is 2.81. The van der Waals surface area contributed by atoms with E-state index in [1.165, 1.54) is 7.11 Å². The maximum Gasteiger partial charge on any atom is 0.341 e. The van der Waals surface area contributed by atoms with Crippen molar-refractivity contribution in [2.75, 3.05) is 20.8 Å². The van der Waals surface area contributed by atoms with E-state index >= 15 is 0 Å². The summed E-state index contributed by atoms with van der Waals surface area (Å²) in [5, 5.41) is 0. The first-order valence-electron chi connectivity index (χ1n) is 8.21. The van der Waals surface area contributed by atoms with Gasteiger partial charge in [-0.25, -0.2) is 4.79 Å². The van der Waals surface area contributed by atoms with Crippen LogP contribution in [0.1, 0.15) is 34.7 Å². The molecule has 0 spiro atoms. The quantitative estimate of drug-likeness (QED) is 0.474. The summed E-state index contributed by atoms with van der Waals surface area (Å²) in [6.45, 7) is 2.44. The van der Waals surface area contributed by atoms with Crippen LogP contribution >= 0.6 is 15.9 Å². The van der Waals surface area contributed by atoms with E-state index in [4.69, 9.17) is 13.9 Å². The summed E-state index contributed by atoms with van der Waals surface area (Å²) in [6, 6.07) is 9.20. The molecule has 0 radical (unpaired) electrons. The van der Waals surface area contributed by atoms with Crippen LogP contribution in [-0.2, 0) is 16.1 Å². The Morgan fingerprint density at radius 1 is 1.27 bits per heavy atom. The van der Waals surface area contributed by atoms with E-state index in [1.54, 1.807) is 24.9 Å². The number of halogens is 1. The molecule has 0 aliphatic rings. The molecule has 0 N–H and O–H groups in total. The highest BCUT2D eigenvalue weighted by Crippen LogP contribution is 2.24. The molecule has 2 aromatic rings. The molecule has 0 aliphatic carbocycles. The standard InChI is InChI=1S/C19H22BrNO5/c1-13-15(19(23)24-3)11-14(26-13)12-21(2)18(22)9-6-10-25-17-8-5-4-7-16(17)20/h4-5,7-8,11H,6,9-10,12H2,1-3H3. The Morgan fingerprint density at radius 2 is 2.00 bits per heavy atom. The van der Waals surface area contributed by atoms with Crippen LogP contribution in [0.3, 0.4) is 0 Å². The van der Waals surface area contributed by atoms with Gasteiger partial charge >= 0.3 is 5.97 Å². The third kappa shape index (κ3) is 5.36. The Morgan fingerprint density at radius 3 is 2.69 bits per heavy atom. The largest absolute Gasteiger partial charge is 0.492 e. The van der Waals surface area contributed by atoms with E-state index in [9.17, 15) is 9.59 Å². The van der Waals surface area contributed by atoms with E-state index in [-0.39, 0.29) is 5.91 Å². The summed E-state index contributed by atoms with van der Waals surface area (Å²) < 4.78 is 16.8. The minimum absolute atomic E-state index is 0.0191. The second-order valence-corrected chi connectivity index (χ2v) is 6.66. The van der Waals surface area contributed by atoms with Crippen LogP contribution in [0.25, 0.3) is 0 Å². The number of benzene rings is 1. The Balaban J connectivity index is 1.79. The molecular weight excluding hydrogens is 402 g/mol. The molecule has 7 heteroatoms. The van der Waals surface area contributed by atoms with E-state index < -0.39 is 5.97 Å². The molecule has 26 heavy (non-hydrogen) atoms. The second-order valence-electron chi connectivity index (χ2n) is 5.81. The molecule has 0 aliphatic heterocycles. The van der Waals surface area contributed by atoms with Gasteiger partial charge in [0.2, 0.25) is 5.91 Å². The first-order valence-corrected chi connectivity index (χ1v) is 9.00. The molecule has 1 amide bonds. The van der Waals surface area contributed by atoms with Crippen molar-refractivity contribution in [2.45, 2.75) is 26.3 Å². The molecule has 140 valence electrons. The summed E-state index contributed by atoms with van der Waals surface area (Å²) >= 11 is 3.42. The normalized spacial score (nSPS) is 10.5. The number of nitrogens with zero attached hydrogens (tertiary/aromatic N) is 1. The molecule has 1 aromatic carbocycles. The van der Waals surface area contributed by atoms with Gasteiger partial charge in [-0.05, 0) is 47.5 Å². The fraction of sp³-hybridized carbons (Fsp3) is 0.368. The molecule has 0 unspecified atom stereocenters.